The summed E-state index contributed by atoms with van der Waals surface area (Å²) in [5, 5.41) is 0. The first kappa shape index (κ1) is 12.8. The molecule has 2 rings (SSSR count). The summed E-state index contributed by atoms with van der Waals surface area (Å²) < 4.78 is 1.11. The van der Waals surface area contributed by atoms with Crippen LogP contribution in [0.4, 0.5) is 0 Å². The zero-order valence-corrected chi connectivity index (χ0v) is 12.4. The van der Waals surface area contributed by atoms with Crippen LogP contribution >= 0.6 is 27.3 Å². The third kappa shape index (κ3) is 2.97. The molecule has 1 aromatic carbocycles. The largest absolute Gasteiger partial charge is 0.323 e. The van der Waals surface area contributed by atoms with Gasteiger partial charge in [-0.25, -0.2) is 0 Å². The van der Waals surface area contributed by atoms with Crippen LogP contribution in [0.3, 0.4) is 0 Å². The number of hydrogen-bond donors (Lipinski definition) is 1. The fourth-order valence-corrected chi connectivity index (χ4v) is 3.24. The molecule has 90 valence electrons. The third-order valence-electron chi connectivity index (χ3n) is 2.78. The van der Waals surface area contributed by atoms with E-state index in [0.29, 0.717) is 5.92 Å². The van der Waals surface area contributed by atoms with Crippen molar-refractivity contribution in [3.8, 4) is 10.4 Å². The lowest BCUT2D eigenvalue weighted by Crippen LogP contribution is -2.14. The summed E-state index contributed by atoms with van der Waals surface area (Å²) >= 11 is 5.28. The number of hydrogen-bond acceptors (Lipinski definition) is 2. The number of rotatable bonds is 3. The lowest BCUT2D eigenvalue weighted by Gasteiger charge is -2.12. The molecule has 0 radical (unpaired) electrons. The molecular weight excluding hydrogens is 294 g/mol. The van der Waals surface area contributed by atoms with Crippen LogP contribution in [0.2, 0.25) is 0 Å². The van der Waals surface area contributed by atoms with E-state index in [1.165, 1.54) is 15.3 Å². The summed E-state index contributed by atoms with van der Waals surface area (Å²) in [7, 11) is 0. The van der Waals surface area contributed by atoms with E-state index in [9.17, 15) is 0 Å². The van der Waals surface area contributed by atoms with E-state index >= 15 is 0 Å². The molecule has 0 aliphatic rings. The Morgan fingerprint density at radius 2 is 1.94 bits per heavy atom. The van der Waals surface area contributed by atoms with Crippen molar-refractivity contribution in [3.05, 3.63) is 45.7 Å². The Morgan fingerprint density at radius 3 is 2.59 bits per heavy atom. The number of benzene rings is 1. The molecule has 0 saturated heterocycles. The van der Waals surface area contributed by atoms with Gasteiger partial charge in [-0.3, -0.25) is 0 Å². The maximum atomic E-state index is 6.16. The molecule has 1 heterocycles. The number of halogens is 1. The lowest BCUT2D eigenvalue weighted by molar-refractivity contribution is 0.521. The average Bonchev–Trinajstić information content (AvgIpc) is 2.77. The Bertz CT molecular complexity index is 504. The molecule has 2 aromatic rings. The van der Waals surface area contributed by atoms with Gasteiger partial charge in [-0.05, 0) is 35.7 Å². The second-order valence-electron chi connectivity index (χ2n) is 4.48. The first-order valence-corrected chi connectivity index (χ1v) is 7.30. The predicted molar refractivity (Wildman–Crippen MR) is 79.2 cm³/mol. The number of thiophene rings is 1. The Labute approximate surface area is 115 Å². The van der Waals surface area contributed by atoms with Crippen molar-refractivity contribution in [1.29, 1.82) is 0 Å². The smallest absolute Gasteiger partial charge is 0.0413 e. The quantitative estimate of drug-likeness (QED) is 0.863. The normalized spacial score (nSPS) is 13.0. The highest BCUT2D eigenvalue weighted by molar-refractivity contribution is 9.10. The Hall–Kier alpha value is -0.640. The van der Waals surface area contributed by atoms with Crippen LogP contribution in [0, 0.1) is 5.92 Å². The monoisotopic (exact) mass is 309 g/mol. The van der Waals surface area contributed by atoms with Gasteiger partial charge in [0, 0.05) is 20.3 Å². The summed E-state index contributed by atoms with van der Waals surface area (Å²) in [6, 6.07) is 12.8. The van der Waals surface area contributed by atoms with Crippen LogP contribution in [0.1, 0.15) is 24.8 Å². The molecule has 0 spiro atoms. The van der Waals surface area contributed by atoms with E-state index in [1.807, 2.05) is 6.07 Å². The first-order chi connectivity index (χ1) is 8.08. The molecule has 1 aromatic heterocycles. The van der Waals surface area contributed by atoms with Gasteiger partial charge in [0.25, 0.3) is 0 Å². The predicted octanol–water partition coefficient (Wildman–Crippen LogP) is 4.83. The van der Waals surface area contributed by atoms with Crippen molar-refractivity contribution < 1.29 is 0 Å². The van der Waals surface area contributed by atoms with Crippen molar-refractivity contribution in [2.45, 2.75) is 19.9 Å². The molecule has 1 nitrogen and oxygen atoms in total. The first-order valence-electron chi connectivity index (χ1n) is 5.69. The van der Waals surface area contributed by atoms with E-state index in [2.05, 4.69) is 60.1 Å². The zero-order valence-electron chi connectivity index (χ0n) is 9.98. The summed E-state index contributed by atoms with van der Waals surface area (Å²) in [6.07, 6.45) is 0. The minimum Gasteiger partial charge on any atom is -0.323 e. The fraction of sp³-hybridized carbons (Fsp3) is 0.286. The Balaban J connectivity index is 2.30. The molecule has 17 heavy (non-hydrogen) atoms. The van der Waals surface area contributed by atoms with Crippen molar-refractivity contribution in [2.24, 2.45) is 11.7 Å². The molecule has 1 unspecified atom stereocenters. The van der Waals surface area contributed by atoms with E-state index in [0.717, 1.165) is 4.47 Å². The minimum atomic E-state index is 0.140. The van der Waals surface area contributed by atoms with E-state index in [4.69, 9.17) is 5.73 Å². The van der Waals surface area contributed by atoms with Crippen LogP contribution in [0.15, 0.2) is 40.9 Å². The fourth-order valence-electron chi connectivity index (χ4n) is 1.66. The van der Waals surface area contributed by atoms with Gasteiger partial charge in [0.1, 0.15) is 0 Å². The summed E-state index contributed by atoms with van der Waals surface area (Å²) in [5.41, 5.74) is 7.40. The highest BCUT2D eigenvalue weighted by atomic mass is 79.9. The minimum absolute atomic E-state index is 0.140. The molecule has 0 saturated carbocycles. The van der Waals surface area contributed by atoms with Gasteiger partial charge in [-0.2, -0.15) is 0 Å². The third-order valence-corrected chi connectivity index (χ3v) is 4.51. The van der Waals surface area contributed by atoms with Gasteiger partial charge in [0.05, 0.1) is 0 Å². The van der Waals surface area contributed by atoms with Crippen molar-refractivity contribution in [3.63, 3.8) is 0 Å². The van der Waals surface area contributed by atoms with Crippen molar-refractivity contribution in [2.75, 3.05) is 0 Å². The molecule has 0 aliphatic carbocycles. The maximum Gasteiger partial charge on any atom is 0.0413 e. The number of nitrogens with two attached hydrogens (primary N) is 1. The second kappa shape index (κ2) is 5.34. The van der Waals surface area contributed by atoms with Crippen LogP contribution in [-0.4, -0.2) is 0 Å². The van der Waals surface area contributed by atoms with E-state index in [-0.39, 0.29) is 6.04 Å². The Morgan fingerprint density at radius 1 is 1.18 bits per heavy atom. The highest BCUT2D eigenvalue weighted by Crippen LogP contribution is 2.33. The molecule has 2 N–H and O–H groups in total. The van der Waals surface area contributed by atoms with E-state index < -0.39 is 0 Å². The summed E-state index contributed by atoms with van der Waals surface area (Å²) in [5.74, 6) is 0.476. The summed E-state index contributed by atoms with van der Waals surface area (Å²) in [6.45, 7) is 4.31. The van der Waals surface area contributed by atoms with Gasteiger partial charge in [-0.15, -0.1) is 11.3 Å². The molecule has 0 aliphatic heterocycles. The maximum absolute atomic E-state index is 6.16. The van der Waals surface area contributed by atoms with E-state index in [1.54, 1.807) is 11.3 Å². The highest BCUT2D eigenvalue weighted by Gasteiger charge is 2.13. The Kier molecular flexibility index (Phi) is 4.02. The molecule has 3 heteroatoms. The SMILES string of the molecule is CC(C)C(N)c1ccc(-c2cccc(Br)c2)s1. The molecule has 0 fully saturated rings. The van der Waals surface area contributed by atoms with Crippen molar-refractivity contribution in [1.82, 2.24) is 0 Å². The molecule has 0 amide bonds. The van der Waals surface area contributed by atoms with Gasteiger partial charge in [0.15, 0.2) is 0 Å². The molecule has 1 atom stereocenters. The van der Waals surface area contributed by atoms with Gasteiger partial charge in [-0.1, -0.05) is 41.9 Å². The van der Waals surface area contributed by atoms with Gasteiger partial charge >= 0.3 is 0 Å². The van der Waals surface area contributed by atoms with Crippen molar-refractivity contribution >= 4 is 27.3 Å². The molecule has 0 bridgehead atoms. The lowest BCUT2D eigenvalue weighted by atomic mass is 10.0. The van der Waals surface area contributed by atoms with Crippen LogP contribution in [0.25, 0.3) is 10.4 Å². The van der Waals surface area contributed by atoms with Gasteiger partial charge in [0.2, 0.25) is 0 Å². The standard InChI is InChI=1S/C14H16BrNS/c1-9(2)14(16)13-7-6-12(17-13)10-4-3-5-11(15)8-10/h3-9,14H,16H2,1-2H3. The topological polar surface area (TPSA) is 26.0 Å². The summed E-state index contributed by atoms with van der Waals surface area (Å²) in [4.78, 5) is 2.53. The van der Waals surface area contributed by atoms with Crippen LogP contribution < -0.4 is 5.73 Å². The van der Waals surface area contributed by atoms with Crippen LogP contribution in [-0.2, 0) is 0 Å². The average molecular weight is 310 g/mol. The van der Waals surface area contributed by atoms with Gasteiger partial charge < -0.3 is 5.73 Å². The molecular formula is C14H16BrNS. The second-order valence-corrected chi connectivity index (χ2v) is 6.51. The zero-order chi connectivity index (χ0) is 12.4. The van der Waals surface area contributed by atoms with Crippen LogP contribution in [0.5, 0.6) is 0 Å².